The lowest BCUT2D eigenvalue weighted by Crippen LogP contribution is -2.10. The van der Waals surface area contributed by atoms with Crippen LogP contribution in [0.2, 0.25) is 0 Å². The summed E-state index contributed by atoms with van der Waals surface area (Å²) >= 11 is 10.9. The fourth-order valence-corrected chi connectivity index (χ4v) is 0.975. The first-order valence-electron chi connectivity index (χ1n) is 3.14. The maximum Gasteiger partial charge on any atom is 0.339 e. The number of hydrogen-bond donors (Lipinski definition) is 0. The van der Waals surface area contributed by atoms with Gasteiger partial charge in [-0.1, -0.05) is 23.2 Å². The first-order chi connectivity index (χ1) is 5.63. The standard InChI is InChI=1S/C7H6Cl2O3/c1-11-4-2-5(7(8)9)12-6(10)3-4/h3H,2H2,1H3. The molecule has 3 nitrogen and oxygen atoms in total. The Kier molecular flexibility index (Phi) is 3.00. The van der Waals surface area contributed by atoms with Crippen molar-refractivity contribution in [3.05, 3.63) is 22.1 Å². The quantitative estimate of drug-likeness (QED) is 0.620. The maximum atomic E-state index is 10.8. The smallest absolute Gasteiger partial charge is 0.339 e. The van der Waals surface area contributed by atoms with Gasteiger partial charge in [0.15, 0.2) is 0 Å². The molecule has 0 bridgehead atoms. The predicted octanol–water partition coefficient (Wildman–Crippen LogP) is 2.11. The second-order valence-corrected chi connectivity index (χ2v) is 3.05. The van der Waals surface area contributed by atoms with E-state index in [1.165, 1.54) is 13.2 Å². The molecular formula is C7H6Cl2O3. The van der Waals surface area contributed by atoms with Crippen LogP contribution in [0.15, 0.2) is 22.1 Å². The molecule has 0 fully saturated rings. The highest BCUT2D eigenvalue weighted by atomic mass is 35.5. The average molecular weight is 209 g/mol. The van der Waals surface area contributed by atoms with Crippen molar-refractivity contribution < 1.29 is 14.3 Å². The number of carbonyl (C=O) groups excluding carboxylic acids is 1. The van der Waals surface area contributed by atoms with Crippen LogP contribution in [0.3, 0.4) is 0 Å². The monoisotopic (exact) mass is 208 g/mol. The normalized spacial score (nSPS) is 16.8. The summed E-state index contributed by atoms with van der Waals surface area (Å²) in [4.78, 5) is 10.8. The summed E-state index contributed by atoms with van der Waals surface area (Å²) in [6.07, 6.45) is 1.56. The van der Waals surface area contributed by atoms with Crippen molar-refractivity contribution in [1.29, 1.82) is 0 Å². The van der Waals surface area contributed by atoms with E-state index in [0.717, 1.165) is 0 Å². The van der Waals surface area contributed by atoms with Gasteiger partial charge < -0.3 is 9.47 Å². The molecule has 66 valence electrons. The van der Waals surface area contributed by atoms with Gasteiger partial charge in [0.05, 0.1) is 19.6 Å². The molecule has 0 aromatic heterocycles. The van der Waals surface area contributed by atoms with Crippen molar-refractivity contribution >= 4 is 29.2 Å². The molecule has 1 aliphatic heterocycles. The topological polar surface area (TPSA) is 35.5 Å². The highest BCUT2D eigenvalue weighted by Gasteiger charge is 2.18. The largest absolute Gasteiger partial charge is 0.500 e. The highest BCUT2D eigenvalue weighted by molar-refractivity contribution is 6.56. The fraction of sp³-hybridized carbons (Fsp3) is 0.286. The third-order valence-electron chi connectivity index (χ3n) is 1.31. The van der Waals surface area contributed by atoms with Crippen LogP contribution in [0.1, 0.15) is 6.42 Å². The van der Waals surface area contributed by atoms with E-state index in [-0.39, 0.29) is 10.3 Å². The van der Waals surface area contributed by atoms with Gasteiger partial charge in [0.1, 0.15) is 16.0 Å². The van der Waals surface area contributed by atoms with Crippen LogP contribution in [0.4, 0.5) is 0 Å². The number of ether oxygens (including phenoxy) is 2. The summed E-state index contributed by atoms with van der Waals surface area (Å²) in [7, 11) is 1.46. The molecule has 0 radical (unpaired) electrons. The lowest BCUT2D eigenvalue weighted by molar-refractivity contribution is -0.135. The van der Waals surface area contributed by atoms with Crippen LogP contribution in [0.5, 0.6) is 0 Å². The number of carbonyl (C=O) groups is 1. The number of rotatable bonds is 1. The van der Waals surface area contributed by atoms with Crippen molar-refractivity contribution in [2.75, 3.05) is 7.11 Å². The Morgan fingerprint density at radius 2 is 2.33 bits per heavy atom. The minimum absolute atomic E-state index is 0.0500. The summed E-state index contributed by atoms with van der Waals surface area (Å²) in [5.41, 5.74) is 0. The van der Waals surface area contributed by atoms with E-state index in [2.05, 4.69) is 0 Å². The first kappa shape index (κ1) is 9.42. The Labute approximate surface area is 79.5 Å². The van der Waals surface area contributed by atoms with Gasteiger partial charge in [-0.2, -0.15) is 0 Å². The van der Waals surface area contributed by atoms with E-state index >= 15 is 0 Å². The predicted molar refractivity (Wildman–Crippen MR) is 44.5 cm³/mol. The molecule has 0 spiro atoms. The SMILES string of the molecule is COC1=CC(=O)OC(=C(Cl)Cl)C1. The van der Waals surface area contributed by atoms with Gasteiger partial charge >= 0.3 is 5.97 Å². The molecule has 0 aliphatic carbocycles. The molecule has 0 N–H and O–H groups in total. The molecule has 0 unspecified atom stereocenters. The molecule has 5 heteroatoms. The van der Waals surface area contributed by atoms with Gasteiger partial charge in [-0.15, -0.1) is 0 Å². The first-order valence-corrected chi connectivity index (χ1v) is 3.89. The van der Waals surface area contributed by atoms with E-state index in [4.69, 9.17) is 32.7 Å². The number of esters is 1. The van der Waals surface area contributed by atoms with Crippen LogP contribution >= 0.6 is 23.2 Å². The number of cyclic esters (lactones) is 1. The molecular weight excluding hydrogens is 203 g/mol. The number of methoxy groups -OCH3 is 1. The molecule has 12 heavy (non-hydrogen) atoms. The summed E-state index contributed by atoms with van der Waals surface area (Å²) < 4.78 is 9.50. The van der Waals surface area contributed by atoms with Gasteiger partial charge in [0.2, 0.25) is 0 Å². The minimum Gasteiger partial charge on any atom is -0.500 e. The number of halogens is 2. The van der Waals surface area contributed by atoms with Gasteiger partial charge in [-0.3, -0.25) is 0 Å². The van der Waals surface area contributed by atoms with E-state index in [9.17, 15) is 4.79 Å². The Morgan fingerprint density at radius 1 is 1.67 bits per heavy atom. The van der Waals surface area contributed by atoms with Gasteiger partial charge in [-0.25, -0.2) is 4.79 Å². The van der Waals surface area contributed by atoms with Crippen LogP contribution in [-0.4, -0.2) is 13.1 Å². The van der Waals surface area contributed by atoms with E-state index in [0.29, 0.717) is 12.2 Å². The van der Waals surface area contributed by atoms with Gasteiger partial charge in [0.25, 0.3) is 0 Å². The van der Waals surface area contributed by atoms with Crippen LogP contribution < -0.4 is 0 Å². The Balaban J connectivity index is 2.87. The van der Waals surface area contributed by atoms with Crippen molar-refractivity contribution in [2.24, 2.45) is 0 Å². The third kappa shape index (κ3) is 2.16. The molecule has 0 aromatic carbocycles. The van der Waals surface area contributed by atoms with Crippen LogP contribution in [-0.2, 0) is 14.3 Å². The lowest BCUT2D eigenvalue weighted by Gasteiger charge is -2.14. The average Bonchev–Trinajstić information content (AvgIpc) is 2.03. The van der Waals surface area contributed by atoms with Gasteiger partial charge in [0, 0.05) is 0 Å². The zero-order valence-corrected chi connectivity index (χ0v) is 7.78. The highest BCUT2D eigenvalue weighted by Crippen LogP contribution is 2.25. The number of hydrogen-bond acceptors (Lipinski definition) is 3. The van der Waals surface area contributed by atoms with Crippen molar-refractivity contribution in [1.82, 2.24) is 0 Å². The zero-order valence-electron chi connectivity index (χ0n) is 6.27. The summed E-state index contributed by atoms with van der Waals surface area (Å²) in [6, 6.07) is 0. The second kappa shape index (κ2) is 3.83. The van der Waals surface area contributed by atoms with E-state index in [1.807, 2.05) is 0 Å². The Hall–Kier alpha value is -0.670. The van der Waals surface area contributed by atoms with Crippen LogP contribution in [0.25, 0.3) is 0 Å². The third-order valence-corrected chi connectivity index (χ3v) is 1.73. The second-order valence-electron chi connectivity index (χ2n) is 2.10. The molecule has 0 aromatic rings. The maximum absolute atomic E-state index is 10.8. The lowest BCUT2D eigenvalue weighted by atomic mass is 10.2. The minimum atomic E-state index is -0.521. The fourth-order valence-electron chi connectivity index (χ4n) is 0.764. The molecule has 1 aliphatic rings. The summed E-state index contributed by atoms with van der Waals surface area (Å²) in [5.74, 6) is 0.189. The Morgan fingerprint density at radius 3 is 2.83 bits per heavy atom. The Bertz CT molecular complexity index is 264. The summed E-state index contributed by atoms with van der Waals surface area (Å²) in [6.45, 7) is 0. The van der Waals surface area contributed by atoms with Crippen molar-refractivity contribution in [3.63, 3.8) is 0 Å². The van der Waals surface area contributed by atoms with Crippen molar-refractivity contribution in [2.45, 2.75) is 6.42 Å². The van der Waals surface area contributed by atoms with E-state index < -0.39 is 5.97 Å². The van der Waals surface area contributed by atoms with E-state index in [1.54, 1.807) is 0 Å². The van der Waals surface area contributed by atoms with Crippen molar-refractivity contribution in [3.8, 4) is 0 Å². The molecule has 0 amide bonds. The summed E-state index contributed by atoms with van der Waals surface area (Å²) in [5, 5.41) is 0. The van der Waals surface area contributed by atoms with Crippen LogP contribution in [0, 0.1) is 0 Å². The van der Waals surface area contributed by atoms with Gasteiger partial charge in [-0.05, 0) is 0 Å². The molecule has 1 rings (SSSR count). The molecule has 0 saturated carbocycles. The zero-order chi connectivity index (χ0) is 9.14. The molecule has 0 saturated heterocycles. The molecule has 0 atom stereocenters. The molecule has 1 heterocycles.